The largest absolute Gasteiger partial charge is 0.495 e. The van der Waals surface area contributed by atoms with Crippen molar-refractivity contribution >= 4 is 44.8 Å². The number of carbonyl (C=O) groups excluding carboxylic acids is 2. The van der Waals surface area contributed by atoms with Gasteiger partial charge >= 0.3 is 0 Å². The highest BCUT2D eigenvalue weighted by atomic mass is 35.5. The van der Waals surface area contributed by atoms with Crippen LogP contribution in [-0.4, -0.2) is 54.1 Å². The monoisotopic (exact) mass is 589 g/mol. The number of nitrogens with zero attached hydrogens (tertiary/aromatic N) is 1. The Morgan fingerprint density at radius 2 is 1.57 bits per heavy atom. The molecule has 2 amide bonds. The molecule has 40 heavy (non-hydrogen) atoms. The SMILES string of the molecule is CC[C@H](C)NC(=O)c1ccccc1NC(=O)CN(c1cc(Cl)ccc1OC)S(=O)(=O)c1ccc(OC)c(OC)c1. The van der Waals surface area contributed by atoms with Crippen LogP contribution in [0.5, 0.6) is 17.2 Å². The molecule has 214 valence electrons. The van der Waals surface area contributed by atoms with E-state index in [0.717, 1.165) is 10.7 Å². The van der Waals surface area contributed by atoms with Crippen molar-refractivity contribution in [3.8, 4) is 17.2 Å². The number of amides is 2. The number of methoxy groups -OCH3 is 3. The Balaban J connectivity index is 2.04. The van der Waals surface area contributed by atoms with Gasteiger partial charge in [-0.1, -0.05) is 30.7 Å². The van der Waals surface area contributed by atoms with Crippen LogP contribution in [-0.2, 0) is 14.8 Å². The number of hydrogen-bond donors (Lipinski definition) is 2. The van der Waals surface area contributed by atoms with E-state index in [1.54, 1.807) is 24.3 Å². The number of para-hydroxylation sites is 1. The summed E-state index contributed by atoms with van der Waals surface area (Å²) in [5.74, 6) is -0.369. The molecule has 3 rings (SSSR count). The van der Waals surface area contributed by atoms with Crippen LogP contribution in [0.3, 0.4) is 0 Å². The van der Waals surface area contributed by atoms with Crippen LogP contribution >= 0.6 is 11.6 Å². The van der Waals surface area contributed by atoms with Gasteiger partial charge in [-0.3, -0.25) is 13.9 Å². The van der Waals surface area contributed by atoms with E-state index in [1.807, 2.05) is 13.8 Å². The van der Waals surface area contributed by atoms with Crippen LogP contribution in [0.4, 0.5) is 11.4 Å². The van der Waals surface area contributed by atoms with Crippen LogP contribution < -0.4 is 29.1 Å². The number of rotatable bonds is 12. The van der Waals surface area contributed by atoms with E-state index >= 15 is 0 Å². The number of benzene rings is 3. The molecule has 0 aromatic heterocycles. The number of halogens is 1. The molecule has 0 aliphatic carbocycles. The summed E-state index contributed by atoms with van der Waals surface area (Å²) in [5, 5.41) is 5.77. The lowest BCUT2D eigenvalue weighted by molar-refractivity contribution is -0.114. The Morgan fingerprint density at radius 3 is 2.23 bits per heavy atom. The molecule has 0 unspecified atom stereocenters. The average Bonchev–Trinajstić information content (AvgIpc) is 2.95. The van der Waals surface area contributed by atoms with Crippen molar-refractivity contribution in [2.45, 2.75) is 31.2 Å². The molecule has 3 aromatic rings. The molecule has 0 spiro atoms. The lowest BCUT2D eigenvalue weighted by Gasteiger charge is -2.26. The quantitative estimate of drug-likeness (QED) is 0.313. The third kappa shape index (κ3) is 6.97. The van der Waals surface area contributed by atoms with Gasteiger partial charge in [0, 0.05) is 17.1 Å². The fourth-order valence-corrected chi connectivity index (χ4v) is 5.38. The van der Waals surface area contributed by atoms with Gasteiger partial charge in [0.1, 0.15) is 12.3 Å². The minimum absolute atomic E-state index is 0.0442. The third-order valence-electron chi connectivity index (χ3n) is 6.08. The van der Waals surface area contributed by atoms with Gasteiger partial charge in [-0.05, 0) is 55.8 Å². The van der Waals surface area contributed by atoms with Crippen molar-refractivity contribution in [1.82, 2.24) is 5.32 Å². The van der Waals surface area contributed by atoms with Gasteiger partial charge in [0.05, 0.1) is 43.2 Å². The van der Waals surface area contributed by atoms with Gasteiger partial charge in [-0.15, -0.1) is 0 Å². The second kappa shape index (κ2) is 13.4. The van der Waals surface area contributed by atoms with Gasteiger partial charge in [-0.2, -0.15) is 0 Å². The topological polar surface area (TPSA) is 123 Å². The number of ether oxygens (including phenoxy) is 3. The molecule has 3 aromatic carbocycles. The summed E-state index contributed by atoms with van der Waals surface area (Å²) in [6.45, 7) is 3.15. The number of nitrogens with one attached hydrogen (secondary N) is 2. The van der Waals surface area contributed by atoms with E-state index in [1.165, 1.54) is 57.7 Å². The molecule has 0 aliphatic rings. The number of carbonyl (C=O) groups is 2. The first-order valence-electron chi connectivity index (χ1n) is 12.3. The second-order valence-corrected chi connectivity index (χ2v) is 11.0. The van der Waals surface area contributed by atoms with Crippen LogP contribution in [0.1, 0.15) is 30.6 Å². The van der Waals surface area contributed by atoms with Gasteiger partial charge in [0.2, 0.25) is 5.91 Å². The minimum Gasteiger partial charge on any atom is -0.495 e. The summed E-state index contributed by atoms with van der Waals surface area (Å²) in [6.07, 6.45) is 0.727. The Morgan fingerprint density at radius 1 is 0.925 bits per heavy atom. The van der Waals surface area contributed by atoms with Crippen molar-refractivity contribution in [2.75, 3.05) is 37.5 Å². The molecule has 0 radical (unpaired) electrons. The summed E-state index contributed by atoms with van der Waals surface area (Å²) in [5.41, 5.74) is 0.517. The Hall–Kier alpha value is -3.96. The van der Waals surface area contributed by atoms with Crippen LogP contribution in [0.2, 0.25) is 5.02 Å². The maximum Gasteiger partial charge on any atom is 0.265 e. The van der Waals surface area contributed by atoms with E-state index in [9.17, 15) is 18.0 Å². The van der Waals surface area contributed by atoms with Crippen molar-refractivity contribution < 1.29 is 32.2 Å². The fourth-order valence-electron chi connectivity index (χ4n) is 3.78. The predicted molar refractivity (Wildman–Crippen MR) is 154 cm³/mol. The minimum atomic E-state index is -4.38. The maximum absolute atomic E-state index is 14.0. The molecule has 0 aliphatic heterocycles. The highest BCUT2D eigenvalue weighted by Crippen LogP contribution is 2.37. The first kappa shape index (κ1) is 30.6. The third-order valence-corrected chi connectivity index (χ3v) is 8.07. The van der Waals surface area contributed by atoms with Crippen molar-refractivity contribution in [3.63, 3.8) is 0 Å². The normalized spacial score (nSPS) is 11.8. The fraction of sp³-hybridized carbons (Fsp3) is 0.286. The van der Waals surface area contributed by atoms with Crippen LogP contribution in [0.25, 0.3) is 0 Å². The van der Waals surface area contributed by atoms with Crippen LogP contribution in [0, 0.1) is 0 Å². The maximum atomic E-state index is 14.0. The Kier molecular flexibility index (Phi) is 10.2. The molecule has 12 heteroatoms. The molecular weight excluding hydrogens is 558 g/mol. The molecule has 1 atom stereocenters. The molecule has 0 saturated carbocycles. The first-order chi connectivity index (χ1) is 19.0. The smallest absolute Gasteiger partial charge is 0.265 e. The van der Waals surface area contributed by atoms with E-state index in [4.69, 9.17) is 25.8 Å². The standard InChI is InChI=1S/C28H32ClN3O7S/c1-6-18(2)30-28(34)21-9-7-8-10-22(21)31-27(33)17-32(23-15-19(29)11-13-24(23)37-3)40(35,36)20-12-14-25(38-4)26(16-20)39-5/h7-16,18H,6,17H2,1-5H3,(H,30,34)(H,31,33)/t18-/m0/s1. The lowest BCUT2D eigenvalue weighted by atomic mass is 10.1. The molecule has 0 bridgehead atoms. The molecular formula is C28H32ClN3O7S. The van der Waals surface area contributed by atoms with E-state index in [-0.39, 0.29) is 50.3 Å². The summed E-state index contributed by atoms with van der Waals surface area (Å²) in [7, 11) is -0.186. The van der Waals surface area contributed by atoms with Crippen molar-refractivity contribution in [2.24, 2.45) is 0 Å². The van der Waals surface area contributed by atoms with E-state index in [2.05, 4.69) is 10.6 Å². The van der Waals surface area contributed by atoms with Gasteiger partial charge < -0.3 is 24.8 Å². The summed E-state index contributed by atoms with van der Waals surface area (Å²) in [4.78, 5) is 26.0. The average molecular weight is 590 g/mol. The van der Waals surface area contributed by atoms with Gasteiger partial charge in [0.25, 0.3) is 15.9 Å². The highest BCUT2D eigenvalue weighted by molar-refractivity contribution is 7.92. The number of hydrogen-bond acceptors (Lipinski definition) is 7. The zero-order chi connectivity index (χ0) is 29.4. The summed E-state index contributed by atoms with van der Waals surface area (Å²) < 4.78 is 44.8. The molecule has 0 saturated heterocycles. The van der Waals surface area contributed by atoms with Crippen LogP contribution in [0.15, 0.2) is 65.6 Å². The summed E-state index contributed by atoms with van der Waals surface area (Å²) >= 11 is 6.22. The second-order valence-electron chi connectivity index (χ2n) is 8.72. The van der Waals surface area contributed by atoms with Gasteiger partial charge in [-0.25, -0.2) is 8.42 Å². The van der Waals surface area contributed by atoms with E-state index < -0.39 is 22.5 Å². The molecule has 10 nitrogen and oxygen atoms in total. The lowest BCUT2D eigenvalue weighted by Crippen LogP contribution is -2.39. The van der Waals surface area contributed by atoms with Crippen molar-refractivity contribution in [1.29, 1.82) is 0 Å². The Bertz CT molecular complexity index is 1480. The molecule has 0 heterocycles. The predicted octanol–water partition coefficient (Wildman–Crippen LogP) is 4.73. The first-order valence-corrected chi connectivity index (χ1v) is 14.2. The number of sulfonamides is 1. The summed E-state index contributed by atoms with van der Waals surface area (Å²) in [6, 6.07) is 14.9. The highest BCUT2D eigenvalue weighted by Gasteiger charge is 2.31. The van der Waals surface area contributed by atoms with Crippen molar-refractivity contribution in [3.05, 3.63) is 71.2 Å². The zero-order valence-electron chi connectivity index (χ0n) is 22.9. The van der Waals surface area contributed by atoms with E-state index in [0.29, 0.717) is 5.75 Å². The molecule has 0 fully saturated rings. The molecule has 2 N–H and O–H groups in total. The zero-order valence-corrected chi connectivity index (χ0v) is 24.4. The number of anilines is 2. The Labute approximate surface area is 239 Å². The van der Waals surface area contributed by atoms with Gasteiger partial charge in [0.15, 0.2) is 11.5 Å².